The zero-order valence-electron chi connectivity index (χ0n) is 16.2. The van der Waals surface area contributed by atoms with Crippen LogP contribution in [0.1, 0.15) is 24.5 Å². The Balaban J connectivity index is 1.50. The number of hydrogen-bond donors (Lipinski definition) is 1. The minimum Gasteiger partial charge on any atom is -0.490 e. The molecular weight excluding hydrogens is 370 g/mol. The highest BCUT2D eigenvalue weighted by atomic mass is 16.6. The number of carboxylic acids is 1. The molecule has 0 spiro atoms. The Kier molecular flexibility index (Phi) is 7.05. The first-order valence-corrected chi connectivity index (χ1v) is 9.42. The Labute approximate surface area is 169 Å². The van der Waals surface area contributed by atoms with Gasteiger partial charge in [-0.2, -0.15) is 0 Å². The normalized spacial score (nSPS) is 11.3. The van der Waals surface area contributed by atoms with Crippen LogP contribution in [0.3, 0.4) is 0 Å². The Hall–Kier alpha value is -3.54. The molecule has 0 aliphatic carbocycles. The number of ether oxygens (including phenoxy) is 1. The lowest BCUT2D eigenvalue weighted by molar-refractivity contribution is -0.136. The van der Waals surface area contributed by atoms with Crippen molar-refractivity contribution in [2.45, 2.75) is 19.8 Å². The van der Waals surface area contributed by atoms with Crippen LogP contribution in [-0.4, -0.2) is 30.0 Å². The second-order valence-corrected chi connectivity index (χ2v) is 6.35. The lowest BCUT2D eigenvalue weighted by Crippen LogP contribution is -2.07. The van der Waals surface area contributed by atoms with E-state index in [0.717, 1.165) is 29.0 Å². The summed E-state index contributed by atoms with van der Waals surface area (Å²) in [5, 5.41) is 13.1. The highest BCUT2D eigenvalue weighted by Gasteiger charge is 2.05. The summed E-state index contributed by atoms with van der Waals surface area (Å²) in [4.78, 5) is 16.2. The molecule has 2 aromatic carbocycles. The molecule has 0 bridgehead atoms. The Morgan fingerprint density at radius 3 is 2.59 bits per heavy atom. The molecule has 1 aromatic heterocycles. The number of benzene rings is 2. The number of carboxylic acid groups (broad SMARTS) is 1. The molecule has 3 aromatic rings. The number of furan rings is 1. The molecule has 6 nitrogen and oxygen atoms in total. The fraction of sp³-hybridized carbons (Fsp3) is 0.217. The van der Waals surface area contributed by atoms with Crippen LogP contribution in [-0.2, 0) is 16.1 Å². The molecule has 150 valence electrons. The third kappa shape index (κ3) is 5.97. The van der Waals surface area contributed by atoms with Gasteiger partial charge in [-0.05, 0) is 41.8 Å². The van der Waals surface area contributed by atoms with E-state index in [-0.39, 0.29) is 13.0 Å². The minimum absolute atomic E-state index is 0.0312. The maximum absolute atomic E-state index is 10.8. The summed E-state index contributed by atoms with van der Waals surface area (Å²) in [6.45, 7) is 2.62. The van der Waals surface area contributed by atoms with Crippen LogP contribution in [0.2, 0.25) is 0 Å². The largest absolute Gasteiger partial charge is 0.490 e. The van der Waals surface area contributed by atoms with Crippen molar-refractivity contribution in [3.05, 3.63) is 78.1 Å². The second kappa shape index (κ2) is 10.1. The monoisotopic (exact) mass is 393 g/mol. The summed E-state index contributed by atoms with van der Waals surface area (Å²) in [5.74, 6) is 0.567. The predicted octanol–water partition coefficient (Wildman–Crippen LogP) is 4.78. The van der Waals surface area contributed by atoms with E-state index in [2.05, 4.69) is 5.16 Å². The van der Waals surface area contributed by atoms with E-state index in [0.29, 0.717) is 17.9 Å². The molecule has 3 rings (SSSR count). The molecule has 6 heteroatoms. The minimum atomic E-state index is -0.871. The first-order valence-electron chi connectivity index (χ1n) is 9.42. The summed E-state index contributed by atoms with van der Waals surface area (Å²) in [6, 6.07) is 18.8. The van der Waals surface area contributed by atoms with Crippen molar-refractivity contribution in [2.24, 2.45) is 5.16 Å². The van der Waals surface area contributed by atoms with Gasteiger partial charge in [0.15, 0.2) is 6.61 Å². The molecule has 0 aliphatic heterocycles. The zero-order chi connectivity index (χ0) is 20.5. The van der Waals surface area contributed by atoms with Crippen molar-refractivity contribution >= 4 is 11.7 Å². The van der Waals surface area contributed by atoms with Gasteiger partial charge >= 0.3 is 5.97 Å². The lowest BCUT2D eigenvalue weighted by Gasteiger charge is -2.08. The van der Waals surface area contributed by atoms with Gasteiger partial charge in [0.2, 0.25) is 0 Å². The second-order valence-electron chi connectivity index (χ2n) is 6.35. The van der Waals surface area contributed by atoms with Crippen molar-refractivity contribution in [3.63, 3.8) is 0 Å². The molecule has 1 N–H and O–H groups in total. The summed E-state index contributed by atoms with van der Waals surface area (Å²) >= 11 is 0. The third-order valence-electron chi connectivity index (χ3n) is 4.23. The molecule has 0 unspecified atom stereocenters. The average molecular weight is 393 g/mol. The first kappa shape index (κ1) is 20.2. The van der Waals surface area contributed by atoms with Crippen molar-refractivity contribution in [2.75, 3.05) is 13.2 Å². The summed E-state index contributed by atoms with van der Waals surface area (Å²) in [5.41, 5.74) is 3.54. The van der Waals surface area contributed by atoms with Gasteiger partial charge in [-0.25, -0.2) is 0 Å². The molecule has 0 aliphatic rings. The SMILES string of the molecule is CC/C(=N\OCCOc1cccc(CC(=O)O)c1)c1ccc(-c2ccco2)cc1. The van der Waals surface area contributed by atoms with E-state index in [1.54, 1.807) is 30.5 Å². The van der Waals surface area contributed by atoms with Crippen LogP contribution in [0.15, 0.2) is 76.5 Å². The first-order chi connectivity index (χ1) is 14.2. The fourth-order valence-corrected chi connectivity index (χ4v) is 2.83. The standard InChI is InChI=1S/C23H23NO5/c1-2-21(18-8-10-19(11-9-18)22-7-4-12-28-22)24-29-14-13-27-20-6-3-5-17(15-20)16-23(25)26/h3-12,15H,2,13-14,16H2,1H3,(H,25,26)/b24-21+. The van der Waals surface area contributed by atoms with Gasteiger partial charge in [0.05, 0.1) is 18.4 Å². The summed E-state index contributed by atoms with van der Waals surface area (Å²) in [7, 11) is 0. The predicted molar refractivity (Wildman–Crippen MR) is 110 cm³/mol. The third-order valence-corrected chi connectivity index (χ3v) is 4.23. The molecule has 0 fully saturated rings. The van der Waals surface area contributed by atoms with Gasteiger partial charge < -0.3 is 19.1 Å². The smallest absolute Gasteiger partial charge is 0.307 e. The topological polar surface area (TPSA) is 81.3 Å². The van der Waals surface area contributed by atoms with Crippen molar-refractivity contribution in [1.82, 2.24) is 0 Å². The average Bonchev–Trinajstić information content (AvgIpc) is 3.26. The molecule has 0 radical (unpaired) electrons. The van der Waals surface area contributed by atoms with E-state index in [9.17, 15) is 4.79 Å². The van der Waals surface area contributed by atoms with Crippen LogP contribution < -0.4 is 4.74 Å². The van der Waals surface area contributed by atoms with Crippen LogP contribution in [0.25, 0.3) is 11.3 Å². The highest BCUT2D eigenvalue weighted by molar-refractivity contribution is 6.00. The van der Waals surface area contributed by atoms with Crippen LogP contribution in [0.5, 0.6) is 5.75 Å². The maximum Gasteiger partial charge on any atom is 0.307 e. The maximum atomic E-state index is 10.8. The number of hydrogen-bond acceptors (Lipinski definition) is 5. The number of aliphatic carboxylic acids is 1. The van der Waals surface area contributed by atoms with Gasteiger partial charge in [-0.1, -0.05) is 48.5 Å². The van der Waals surface area contributed by atoms with E-state index in [1.165, 1.54) is 0 Å². The summed E-state index contributed by atoms with van der Waals surface area (Å²) in [6.07, 6.45) is 2.36. The Morgan fingerprint density at radius 1 is 1.07 bits per heavy atom. The van der Waals surface area contributed by atoms with E-state index < -0.39 is 5.97 Å². The number of rotatable bonds is 10. The van der Waals surface area contributed by atoms with E-state index in [4.69, 9.17) is 19.1 Å². The molecule has 0 saturated heterocycles. The fourth-order valence-electron chi connectivity index (χ4n) is 2.83. The highest BCUT2D eigenvalue weighted by Crippen LogP contribution is 2.20. The van der Waals surface area contributed by atoms with Gasteiger partial charge in [0, 0.05) is 5.56 Å². The number of carbonyl (C=O) groups is 1. The molecule has 0 saturated carbocycles. The van der Waals surface area contributed by atoms with Gasteiger partial charge in [0.1, 0.15) is 18.1 Å². The zero-order valence-corrected chi connectivity index (χ0v) is 16.2. The Morgan fingerprint density at radius 2 is 1.90 bits per heavy atom. The van der Waals surface area contributed by atoms with Gasteiger partial charge in [-0.15, -0.1) is 0 Å². The van der Waals surface area contributed by atoms with E-state index in [1.807, 2.05) is 43.3 Å². The van der Waals surface area contributed by atoms with E-state index >= 15 is 0 Å². The quantitative estimate of drug-likeness (QED) is 0.304. The Bertz CT molecular complexity index is 946. The number of nitrogens with zero attached hydrogens (tertiary/aromatic N) is 1. The molecule has 0 amide bonds. The van der Waals surface area contributed by atoms with Crippen molar-refractivity contribution in [1.29, 1.82) is 0 Å². The summed E-state index contributed by atoms with van der Waals surface area (Å²) < 4.78 is 11.0. The van der Waals surface area contributed by atoms with Gasteiger partial charge in [0.25, 0.3) is 0 Å². The molecule has 1 heterocycles. The molecule has 0 atom stereocenters. The molecular formula is C23H23NO5. The van der Waals surface area contributed by atoms with Crippen LogP contribution in [0, 0.1) is 0 Å². The molecule has 29 heavy (non-hydrogen) atoms. The van der Waals surface area contributed by atoms with Gasteiger partial charge in [-0.3, -0.25) is 4.79 Å². The number of oxime groups is 1. The van der Waals surface area contributed by atoms with Crippen molar-refractivity contribution in [3.8, 4) is 17.1 Å². The van der Waals surface area contributed by atoms with Crippen LogP contribution in [0.4, 0.5) is 0 Å². The van der Waals surface area contributed by atoms with Crippen LogP contribution >= 0.6 is 0 Å². The van der Waals surface area contributed by atoms with Crippen molar-refractivity contribution < 1.29 is 23.9 Å². The lowest BCUT2D eigenvalue weighted by atomic mass is 10.1.